The van der Waals surface area contributed by atoms with Crippen LogP contribution in [-0.2, 0) is 14.8 Å². The Morgan fingerprint density at radius 2 is 2.10 bits per heavy atom. The molecule has 2 heterocycles. The van der Waals surface area contributed by atoms with E-state index >= 15 is 0 Å². The number of benzene rings is 1. The Labute approximate surface area is 126 Å². The first-order valence-electron chi connectivity index (χ1n) is 6.08. The minimum Gasteiger partial charge on any atom is -0.481 e. The molecule has 110 valence electrons. The third kappa shape index (κ3) is 2.47. The number of amides is 1. The Bertz CT molecular complexity index is 785. The molecule has 0 bridgehead atoms. The number of likely N-dealkylation sites (N-methyl/N-ethyl adjacent to an activating group) is 1. The van der Waals surface area contributed by atoms with Crippen LogP contribution in [0.1, 0.15) is 0 Å². The van der Waals surface area contributed by atoms with Crippen LogP contribution in [0.3, 0.4) is 0 Å². The highest BCUT2D eigenvalue weighted by atomic mass is 32.2. The first-order valence-corrected chi connectivity index (χ1v) is 8.44. The molecular formula is C13H12N2O4S2. The third-order valence-electron chi connectivity index (χ3n) is 3.06. The number of carbonyl (C=O) groups excluding carboxylic acids is 1. The van der Waals surface area contributed by atoms with E-state index in [0.29, 0.717) is 17.1 Å². The van der Waals surface area contributed by atoms with E-state index in [4.69, 9.17) is 4.74 Å². The van der Waals surface area contributed by atoms with E-state index in [1.165, 1.54) is 11.0 Å². The Hall–Kier alpha value is -2.06. The van der Waals surface area contributed by atoms with Crippen molar-refractivity contribution in [3.63, 3.8) is 0 Å². The summed E-state index contributed by atoms with van der Waals surface area (Å²) in [6.07, 6.45) is 0. The Kier molecular flexibility index (Phi) is 3.34. The summed E-state index contributed by atoms with van der Waals surface area (Å²) in [6.45, 7) is -0.0510. The van der Waals surface area contributed by atoms with Gasteiger partial charge in [0.05, 0.1) is 5.69 Å². The van der Waals surface area contributed by atoms with E-state index in [-0.39, 0.29) is 16.7 Å². The van der Waals surface area contributed by atoms with Crippen LogP contribution in [0, 0.1) is 0 Å². The summed E-state index contributed by atoms with van der Waals surface area (Å²) in [5.74, 6) is 0.244. The lowest BCUT2D eigenvalue weighted by atomic mass is 10.2. The zero-order chi connectivity index (χ0) is 15.0. The fraction of sp³-hybridized carbons (Fsp3) is 0.154. The summed E-state index contributed by atoms with van der Waals surface area (Å²) in [7, 11) is -2.08. The van der Waals surface area contributed by atoms with Crippen molar-refractivity contribution >= 4 is 38.6 Å². The Morgan fingerprint density at radius 3 is 2.81 bits per heavy atom. The molecule has 2 aromatic rings. The lowest BCUT2D eigenvalue weighted by Gasteiger charge is -2.28. The predicted octanol–water partition coefficient (Wildman–Crippen LogP) is 1.90. The zero-order valence-corrected chi connectivity index (χ0v) is 12.7. The maximum Gasteiger partial charge on any atom is 0.271 e. The molecule has 1 aliphatic heterocycles. The van der Waals surface area contributed by atoms with Gasteiger partial charge in [0.25, 0.3) is 15.9 Å². The standard InChI is InChI=1S/C13H12N2O4S2/c1-15-11(16)8-19-10-5-2-4-9(13(10)15)14-21(17,18)12-6-3-7-20-12/h2-7,14H,8H2,1H3. The molecule has 0 saturated carbocycles. The maximum atomic E-state index is 12.3. The average Bonchev–Trinajstić information content (AvgIpc) is 2.98. The Balaban J connectivity index is 2.03. The van der Waals surface area contributed by atoms with Gasteiger partial charge in [0.15, 0.2) is 6.61 Å². The Morgan fingerprint density at radius 1 is 1.29 bits per heavy atom. The number of hydrogen-bond acceptors (Lipinski definition) is 5. The monoisotopic (exact) mass is 324 g/mol. The quantitative estimate of drug-likeness (QED) is 0.936. The van der Waals surface area contributed by atoms with Crippen molar-refractivity contribution in [1.82, 2.24) is 0 Å². The highest BCUT2D eigenvalue weighted by molar-refractivity contribution is 7.94. The van der Waals surface area contributed by atoms with Gasteiger partial charge in [-0.25, -0.2) is 8.42 Å². The van der Waals surface area contributed by atoms with Gasteiger partial charge < -0.3 is 9.64 Å². The van der Waals surface area contributed by atoms with Gasteiger partial charge in [-0.3, -0.25) is 9.52 Å². The van der Waals surface area contributed by atoms with Gasteiger partial charge in [0.2, 0.25) is 0 Å². The largest absolute Gasteiger partial charge is 0.481 e. The van der Waals surface area contributed by atoms with Crippen molar-refractivity contribution in [2.75, 3.05) is 23.3 Å². The molecule has 0 aliphatic carbocycles. The van der Waals surface area contributed by atoms with Crippen LogP contribution in [-0.4, -0.2) is 28.0 Å². The molecule has 0 radical (unpaired) electrons. The second-order valence-corrected chi connectivity index (χ2v) is 7.29. The van der Waals surface area contributed by atoms with Crippen LogP contribution in [0.25, 0.3) is 0 Å². The normalized spacial score (nSPS) is 14.5. The van der Waals surface area contributed by atoms with Gasteiger partial charge in [0.1, 0.15) is 15.6 Å². The smallest absolute Gasteiger partial charge is 0.271 e. The van der Waals surface area contributed by atoms with E-state index in [1.54, 1.807) is 36.7 Å². The van der Waals surface area contributed by atoms with Gasteiger partial charge >= 0.3 is 0 Å². The number of sulfonamides is 1. The number of fused-ring (bicyclic) bond motifs is 1. The van der Waals surface area contributed by atoms with E-state index < -0.39 is 10.0 Å². The van der Waals surface area contributed by atoms with Crippen LogP contribution in [0.5, 0.6) is 5.75 Å². The molecule has 1 aromatic carbocycles. The molecule has 0 atom stereocenters. The summed E-state index contributed by atoms with van der Waals surface area (Å²) in [5.41, 5.74) is 0.741. The summed E-state index contributed by atoms with van der Waals surface area (Å²) < 4.78 is 32.6. The molecule has 6 nitrogen and oxygen atoms in total. The van der Waals surface area contributed by atoms with Gasteiger partial charge in [-0.1, -0.05) is 12.1 Å². The highest BCUT2D eigenvalue weighted by Crippen LogP contribution is 2.39. The lowest BCUT2D eigenvalue weighted by molar-refractivity contribution is -0.120. The van der Waals surface area contributed by atoms with E-state index in [9.17, 15) is 13.2 Å². The van der Waals surface area contributed by atoms with Crippen molar-refractivity contribution in [3.8, 4) is 5.75 Å². The number of nitrogens with one attached hydrogen (secondary N) is 1. The first-order chi connectivity index (χ1) is 9.99. The predicted molar refractivity (Wildman–Crippen MR) is 80.5 cm³/mol. The number of para-hydroxylation sites is 1. The first kappa shape index (κ1) is 13.9. The van der Waals surface area contributed by atoms with E-state index in [0.717, 1.165) is 11.3 Å². The van der Waals surface area contributed by atoms with E-state index in [2.05, 4.69) is 4.72 Å². The van der Waals surface area contributed by atoms with Gasteiger partial charge in [0, 0.05) is 7.05 Å². The summed E-state index contributed by atoms with van der Waals surface area (Å²) in [4.78, 5) is 13.1. The van der Waals surface area contributed by atoms with Crippen molar-refractivity contribution in [3.05, 3.63) is 35.7 Å². The fourth-order valence-electron chi connectivity index (χ4n) is 2.04. The maximum absolute atomic E-state index is 12.3. The number of thiophene rings is 1. The molecule has 0 saturated heterocycles. The van der Waals surface area contributed by atoms with Crippen LogP contribution in [0.2, 0.25) is 0 Å². The topological polar surface area (TPSA) is 75.7 Å². The molecule has 0 unspecified atom stereocenters. The molecule has 8 heteroatoms. The van der Waals surface area contributed by atoms with Crippen molar-refractivity contribution < 1.29 is 17.9 Å². The van der Waals surface area contributed by atoms with Crippen molar-refractivity contribution in [2.45, 2.75) is 4.21 Å². The lowest BCUT2D eigenvalue weighted by Crippen LogP contribution is -2.36. The second kappa shape index (κ2) is 5.05. The number of hydrogen-bond donors (Lipinski definition) is 1. The number of carbonyl (C=O) groups is 1. The van der Waals surface area contributed by atoms with Gasteiger partial charge in [-0.15, -0.1) is 11.3 Å². The molecule has 1 aromatic heterocycles. The number of anilines is 2. The second-order valence-electron chi connectivity index (χ2n) is 4.43. The highest BCUT2D eigenvalue weighted by Gasteiger charge is 2.27. The molecule has 0 fully saturated rings. The average molecular weight is 324 g/mol. The summed E-state index contributed by atoms with van der Waals surface area (Å²) >= 11 is 1.13. The van der Waals surface area contributed by atoms with Crippen molar-refractivity contribution in [1.29, 1.82) is 0 Å². The van der Waals surface area contributed by atoms with Crippen LogP contribution >= 0.6 is 11.3 Å². The molecular weight excluding hydrogens is 312 g/mol. The van der Waals surface area contributed by atoms with Crippen LogP contribution in [0.15, 0.2) is 39.9 Å². The minimum absolute atomic E-state index is 0.0510. The van der Waals surface area contributed by atoms with Crippen LogP contribution in [0.4, 0.5) is 11.4 Å². The van der Waals surface area contributed by atoms with Crippen molar-refractivity contribution in [2.24, 2.45) is 0 Å². The van der Waals surface area contributed by atoms with Crippen LogP contribution < -0.4 is 14.4 Å². The molecule has 0 spiro atoms. The molecule has 21 heavy (non-hydrogen) atoms. The van der Waals surface area contributed by atoms with Gasteiger partial charge in [-0.05, 0) is 23.6 Å². The molecule has 1 amide bonds. The molecule has 3 rings (SSSR count). The minimum atomic E-state index is -3.67. The number of rotatable bonds is 3. The fourth-order valence-corrected chi connectivity index (χ4v) is 4.10. The molecule has 1 aliphatic rings. The van der Waals surface area contributed by atoms with Gasteiger partial charge in [-0.2, -0.15) is 0 Å². The molecule has 1 N–H and O–H groups in total. The number of nitrogens with zero attached hydrogens (tertiary/aromatic N) is 1. The number of ether oxygens (including phenoxy) is 1. The summed E-state index contributed by atoms with van der Waals surface area (Å²) in [5, 5.41) is 1.69. The summed E-state index contributed by atoms with van der Waals surface area (Å²) in [6, 6.07) is 8.16. The SMILES string of the molecule is CN1C(=O)COc2cccc(NS(=O)(=O)c3cccs3)c21. The zero-order valence-electron chi connectivity index (χ0n) is 11.1. The van der Waals surface area contributed by atoms with E-state index in [1.807, 2.05) is 0 Å². The third-order valence-corrected chi connectivity index (χ3v) is 5.83.